The highest BCUT2D eigenvalue weighted by atomic mass is 32.2. The van der Waals surface area contributed by atoms with Gasteiger partial charge < -0.3 is 10.2 Å². The SMILES string of the molecule is CC(C)(C)CC(C)(C)NC1=NC(=O)C(CC(=O)N2CCCCCC2)S1. The molecule has 25 heavy (non-hydrogen) atoms. The molecule has 1 atom stereocenters. The second-order valence-electron chi connectivity index (χ2n) is 9.11. The van der Waals surface area contributed by atoms with Crippen LogP contribution in [0, 0.1) is 5.41 Å². The van der Waals surface area contributed by atoms with Crippen molar-refractivity contribution in [3.05, 3.63) is 0 Å². The molecule has 2 aliphatic heterocycles. The van der Waals surface area contributed by atoms with Gasteiger partial charge in [0.15, 0.2) is 5.17 Å². The van der Waals surface area contributed by atoms with Crippen molar-refractivity contribution in [1.29, 1.82) is 0 Å². The van der Waals surface area contributed by atoms with E-state index in [1.54, 1.807) is 0 Å². The molecule has 142 valence electrons. The summed E-state index contributed by atoms with van der Waals surface area (Å²) in [6.45, 7) is 12.5. The van der Waals surface area contributed by atoms with Crippen molar-refractivity contribution in [2.45, 2.75) is 83.9 Å². The summed E-state index contributed by atoms with van der Waals surface area (Å²) in [6, 6.07) is 0. The third-order valence-electron chi connectivity index (χ3n) is 4.48. The number of carbonyl (C=O) groups is 2. The largest absolute Gasteiger partial charge is 0.360 e. The number of nitrogens with zero attached hydrogens (tertiary/aromatic N) is 2. The summed E-state index contributed by atoms with van der Waals surface area (Å²) in [7, 11) is 0. The molecule has 0 spiro atoms. The average Bonchev–Trinajstić information content (AvgIpc) is 2.65. The number of thioether (sulfide) groups is 1. The normalized spacial score (nSPS) is 22.6. The topological polar surface area (TPSA) is 61.8 Å². The van der Waals surface area contributed by atoms with Crippen molar-refractivity contribution < 1.29 is 9.59 Å². The van der Waals surface area contributed by atoms with E-state index in [4.69, 9.17) is 0 Å². The zero-order chi connectivity index (χ0) is 18.7. The monoisotopic (exact) mass is 367 g/mol. The summed E-state index contributed by atoms with van der Waals surface area (Å²) in [5.74, 6) is -0.0830. The Kier molecular flexibility index (Phi) is 6.57. The summed E-state index contributed by atoms with van der Waals surface area (Å²) in [5, 5.41) is 3.69. The molecule has 0 aromatic rings. The fourth-order valence-electron chi connectivity index (χ4n) is 3.84. The lowest BCUT2D eigenvalue weighted by molar-refractivity contribution is -0.132. The first-order valence-corrected chi connectivity index (χ1v) is 10.3. The van der Waals surface area contributed by atoms with Crippen LogP contribution in [0.3, 0.4) is 0 Å². The molecule has 0 saturated carbocycles. The van der Waals surface area contributed by atoms with Crippen molar-refractivity contribution in [1.82, 2.24) is 10.2 Å². The van der Waals surface area contributed by atoms with Gasteiger partial charge in [0.05, 0.1) is 0 Å². The molecule has 0 aliphatic carbocycles. The molecule has 2 amide bonds. The van der Waals surface area contributed by atoms with Crippen LogP contribution in [0.25, 0.3) is 0 Å². The van der Waals surface area contributed by atoms with Gasteiger partial charge in [-0.3, -0.25) is 9.59 Å². The molecule has 0 bridgehead atoms. The molecule has 1 unspecified atom stereocenters. The van der Waals surface area contributed by atoms with Crippen LogP contribution in [-0.2, 0) is 9.59 Å². The maximum atomic E-state index is 12.5. The minimum Gasteiger partial charge on any atom is -0.360 e. The Bertz CT molecular complexity index is 529. The van der Waals surface area contributed by atoms with Crippen molar-refractivity contribution in [3.63, 3.8) is 0 Å². The van der Waals surface area contributed by atoms with Crippen LogP contribution in [0.5, 0.6) is 0 Å². The summed E-state index contributed by atoms with van der Waals surface area (Å²) in [6.07, 6.45) is 5.76. The third kappa shape index (κ3) is 6.65. The van der Waals surface area contributed by atoms with E-state index in [2.05, 4.69) is 44.9 Å². The molecular formula is C19H33N3O2S. The molecule has 2 rings (SSSR count). The van der Waals surface area contributed by atoms with Gasteiger partial charge in [0.25, 0.3) is 5.91 Å². The van der Waals surface area contributed by atoms with Gasteiger partial charge in [0.1, 0.15) is 5.25 Å². The van der Waals surface area contributed by atoms with E-state index in [0.29, 0.717) is 5.17 Å². The Labute approximate surface area is 156 Å². The minimum atomic E-state index is -0.372. The zero-order valence-electron chi connectivity index (χ0n) is 16.4. The van der Waals surface area contributed by atoms with E-state index >= 15 is 0 Å². The first kappa shape index (κ1) is 20.3. The molecule has 0 radical (unpaired) electrons. The van der Waals surface area contributed by atoms with Gasteiger partial charge in [-0.25, -0.2) is 0 Å². The fraction of sp³-hybridized carbons (Fsp3) is 0.842. The summed E-state index contributed by atoms with van der Waals surface area (Å²) >= 11 is 1.41. The lowest BCUT2D eigenvalue weighted by Crippen LogP contribution is -2.44. The zero-order valence-corrected chi connectivity index (χ0v) is 17.2. The van der Waals surface area contributed by atoms with Gasteiger partial charge >= 0.3 is 0 Å². The number of aliphatic imine (C=N–C) groups is 1. The van der Waals surface area contributed by atoms with E-state index in [1.807, 2.05) is 4.90 Å². The average molecular weight is 368 g/mol. The summed E-state index contributed by atoms with van der Waals surface area (Å²) in [4.78, 5) is 30.8. The highest BCUT2D eigenvalue weighted by Gasteiger charge is 2.35. The molecule has 0 aromatic heterocycles. The standard InChI is InChI=1S/C19H33N3O2S/c1-18(2,3)13-19(4,5)21-17-20-16(24)14(25-17)12-15(23)22-10-8-6-7-9-11-22/h14H,6-13H2,1-5H3,(H,20,21,24). The Morgan fingerprint density at radius 2 is 1.76 bits per heavy atom. The van der Waals surface area contributed by atoms with Gasteiger partial charge in [-0.05, 0) is 38.5 Å². The predicted octanol–water partition coefficient (Wildman–Crippen LogP) is 3.58. The van der Waals surface area contributed by atoms with Crippen LogP contribution in [0.15, 0.2) is 4.99 Å². The number of carbonyl (C=O) groups excluding carboxylic acids is 2. The molecule has 1 fully saturated rings. The van der Waals surface area contributed by atoms with Crippen LogP contribution in [0.2, 0.25) is 0 Å². The number of hydrogen-bond acceptors (Lipinski definition) is 4. The highest BCUT2D eigenvalue weighted by molar-refractivity contribution is 8.15. The molecule has 6 heteroatoms. The van der Waals surface area contributed by atoms with Gasteiger partial charge in [-0.15, -0.1) is 0 Å². The number of amidine groups is 1. The Hall–Kier alpha value is -1.04. The smallest absolute Gasteiger partial charge is 0.262 e. The lowest BCUT2D eigenvalue weighted by atomic mass is 9.82. The molecule has 1 saturated heterocycles. The van der Waals surface area contributed by atoms with Crippen LogP contribution in [-0.4, -0.2) is 45.8 Å². The number of likely N-dealkylation sites (tertiary alicyclic amines) is 1. The Morgan fingerprint density at radius 3 is 2.32 bits per heavy atom. The molecule has 5 nitrogen and oxygen atoms in total. The third-order valence-corrected chi connectivity index (χ3v) is 5.55. The quantitative estimate of drug-likeness (QED) is 0.825. The molecule has 1 N–H and O–H groups in total. The van der Waals surface area contributed by atoms with Crippen molar-refractivity contribution in [2.75, 3.05) is 13.1 Å². The minimum absolute atomic E-state index is 0.0955. The van der Waals surface area contributed by atoms with Gasteiger partial charge in [0, 0.05) is 25.0 Å². The van der Waals surface area contributed by atoms with E-state index in [1.165, 1.54) is 24.6 Å². The number of rotatable bonds is 4. The van der Waals surface area contributed by atoms with Crippen LogP contribution < -0.4 is 5.32 Å². The highest BCUT2D eigenvalue weighted by Crippen LogP contribution is 2.30. The first-order chi connectivity index (χ1) is 11.6. The van der Waals surface area contributed by atoms with Crippen molar-refractivity contribution in [2.24, 2.45) is 10.4 Å². The van der Waals surface area contributed by atoms with Gasteiger partial charge in [-0.1, -0.05) is 45.4 Å². The maximum Gasteiger partial charge on any atom is 0.262 e. The predicted molar refractivity (Wildman–Crippen MR) is 105 cm³/mol. The Morgan fingerprint density at radius 1 is 1.16 bits per heavy atom. The van der Waals surface area contributed by atoms with Gasteiger partial charge in [-0.2, -0.15) is 4.99 Å². The molecule has 0 aromatic carbocycles. The second kappa shape index (κ2) is 8.11. The maximum absolute atomic E-state index is 12.5. The first-order valence-electron chi connectivity index (χ1n) is 9.41. The number of amides is 2. The van der Waals surface area contributed by atoms with Crippen LogP contribution in [0.1, 0.15) is 73.1 Å². The van der Waals surface area contributed by atoms with E-state index in [-0.39, 0.29) is 34.4 Å². The van der Waals surface area contributed by atoms with E-state index in [9.17, 15) is 9.59 Å². The van der Waals surface area contributed by atoms with Crippen molar-refractivity contribution in [3.8, 4) is 0 Å². The number of nitrogens with one attached hydrogen (secondary N) is 1. The molecule has 2 aliphatic rings. The molecular weight excluding hydrogens is 334 g/mol. The molecule has 2 heterocycles. The van der Waals surface area contributed by atoms with Gasteiger partial charge in [0.2, 0.25) is 5.91 Å². The Balaban J connectivity index is 1.88. The van der Waals surface area contributed by atoms with Crippen molar-refractivity contribution >= 4 is 28.7 Å². The summed E-state index contributed by atoms with van der Waals surface area (Å²) in [5.41, 5.74) is 0.0422. The second-order valence-corrected chi connectivity index (χ2v) is 10.3. The fourth-order valence-corrected chi connectivity index (χ4v) is 4.96. The number of hydrogen-bond donors (Lipinski definition) is 1. The summed E-state index contributed by atoms with van der Waals surface area (Å²) < 4.78 is 0. The van der Waals surface area contributed by atoms with E-state index in [0.717, 1.165) is 32.4 Å². The van der Waals surface area contributed by atoms with E-state index < -0.39 is 0 Å². The van der Waals surface area contributed by atoms with Crippen LogP contribution >= 0.6 is 11.8 Å². The van der Waals surface area contributed by atoms with Crippen LogP contribution in [0.4, 0.5) is 0 Å². The lowest BCUT2D eigenvalue weighted by Gasteiger charge is -2.33.